The molecule has 1 aromatic carbocycles. The molecule has 2 aliphatic rings. The summed E-state index contributed by atoms with van der Waals surface area (Å²) in [6.07, 6.45) is 5.23. The predicted molar refractivity (Wildman–Crippen MR) is 98.5 cm³/mol. The molecule has 3 atom stereocenters. The van der Waals surface area contributed by atoms with E-state index in [1.54, 1.807) is 0 Å². The van der Waals surface area contributed by atoms with Gasteiger partial charge in [-0.2, -0.15) is 0 Å². The van der Waals surface area contributed by atoms with Crippen LogP contribution in [0.25, 0.3) is 0 Å². The molecule has 3 N–H and O–H groups in total. The number of hydrogen-bond donors (Lipinski definition) is 2. The summed E-state index contributed by atoms with van der Waals surface area (Å²) in [4.78, 5) is 12.5. The smallest absolute Gasteiger partial charge is 0.261 e. The van der Waals surface area contributed by atoms with E-state index in [1.807, 2.05) is 38.1 Å². The van der Waals surface area contributed by atoms with Gasteiger partial charge in [0, 0.05) is 12.1 Å². The summed E-state index contributed by atoms with van der Waals surface area (Å²) < 4.78 is 5.81. The second-order valence-electron chi connectivity index (χ2n) is 7.29. The van der Waals surface area contributed by atoms with Gasteiger partial charge in [0.05, 0.1) is 0 Å². The molecular formula is C19H29ClN2O2. The zero-order chi connectivity index (χ0) is 16.4. The van der Waals surface area contributed by atoms with Crippen LogP contribution in [0.4, 0.5) is 0 Å². The minimum atomic E-state index is -0.479. The van der Waals surface area contributed by atoms with Gasteiger partial charge in [-0.1, -0.05) is 18.6 Å². The monoisotopic (exact) mass is 352 g/mol. The normalized spacial score (nSPS) is 30.0. The van der Waals surface area contributed by atoms with E-state index in [9.17, 15) is 4.79 Å². The number of hydrogen-bond acceptors (Lipinski definition) is 3. The van der Waals surface area contributed by atoms with Crippen LogP contribution in [0.5, 0.6) is 5.75 Å². The molecule has 0 heterocycles. The lowest BCUT2D eigenvalue weighted by molar-refractivity contribution is -0.129. The molecular weight excluding hydrogens is 324 g/mol. The average molecular weight is 353 g/mol. The van der Waals surface area contributed by atoms with E-state index < -0.39 is 6.10 Å². The molecule has 5 heteroatoms. The Morgan fingerprint density at radius 1 is 1.29 bits per heavy atom. The van der Waals surface area contributed by atoms with E-state index in [0.29, 0.717) is 17.9 Å². The standard InChI is InChI=1S/C19H28N2O2.ClH/c1-12-5-3-8-17(9-12)23-13(2)19(22)21-18-14-6-4-7-15(18)11-16(20)10-14;/h3,5,8-9,13-16,18H,4,6-7,10-11,20H2,1-2H3,(H,21,22);1H. The molecule has 1 aromatic rings. The molecule has 0 spiro atoms. The Kier molecular flexibility index (Phi) is 6.53. The maximum atomic E-state index is 12.5. The van der Waals surface area contributed by atoms with Crippen molar-refractivity contribution in [2.24, 2.45) is 17.6 Å². The molecule has 2 saturated carbocycles. The van der Waals surface area contributed by atoms with Crippen molar-refractivity contribution in [2.45, 2.75) is 64.1 Å². The molecule has 134 valence electrons. The number of carbonyl (C=O) groups is 1. The van der Waals surface area contributed by atoms with Crippen LogP contribution in [-0.2, 0) is 4.79 Å². The molecule has 0 radical (unpaired) electrons. The molecule has 24 heavy (non-hydrogen) atoms. The van der Waals surface area contributed by atoms with Crippen molar-refractivity contribution in [2.75, 3.05) is 0 Å². The third-order valence-corrected chi connectivity index (χ3v) is 5.36. The third kappa shape index (κ3) is 4.42. The average Bonchev–Trinajstić information content (AvgIpc) is 2.48. The fourth-order valence-electron chi connectivity index (χ4n) is 4.25. The van der Waals surface area contributed by atoms with E-state index in [2.05, 4.69) is 5.32 Å². The van der Waals surface area contributed by atoms with Crippen molar-refractivity contribution in [3.8, 4) is 5.75 Å². The molecule has 0 aromatic heterocycles. The quantitative estimate of drug-likeness (QED) is 0.874. The van der Waals surface area contributed by atoms with Crippen LogP contribution < -0.4 is 15.8 Å². The highest BCUT2D eigenvalue weighted by molar-refractivity contribution is 5.85. The number of nitrogens with one attached hydrogen (secondary N) is 1. The summed E-state index contributed by atoms with van der Waals surface area (Å²) in [5, 5.41) is 3.26. The van der Waals surface area contributed by atoms with E-state index in [4.69, 9.17) is 10.5 Å². The lowest BCUT2D eigenvalue weighted by Crippen LogP contribution is -2.55. The Balaban J connectivity index is 0.00000208. The summed E-state index contributed by atoms with van der Waals surface area (Å²) in [7, 11) is 0. The minimum absolute atomic E-state index is 0. The second kappa shape index (κ2) is 8.21. The number of nitrogens with two attached hydrogens (primary N) is 1. The number of aryl methyl sites for hydroxylation is 1. The molecule has 3 unspecified atom stereocenters. The highest BCUT2D eigenvalue weighted by Crippen LogP contribution is 2.39. The highest BCUT2D eigenvalue weighted by atomic mass is 35.5. The Bertz CT molecular complexity index is 552. The number of amides is 1. The van der Waals surface area contributed by atoms with E-state index >= 15 is 0 Å². The zero-order valence-electron chi connectivity index (χ0n) is 14.5. The number of fused-ring (bicyclic) bond motifs is 2. The van der Waals surface area contributed by atoms with Gasteiger partial charge in [-0.3, -0.25) is 4.79 Å². The first-order valence-corrected chi connectivity index (χ1v) is 8.82. The largest absolute Gasteiger partial charge is 0.481 e. The van der Waals surface area contributed by atoms with Gasteiger partial charge in [-0.05, 0) is 69.1 Å². The first-order chi connectivity index (χ1) is 11.0. The van der Waals surface area contributed by atoms with Crippen LogP contribution in [0.15, 0.2) is 24.3 Å². The van der Waals surface area contributed by atoms with Crippen molar-refractivity contribution in [3.63, 3.8) is 0 Å². The molecule has 1 amide bonds. The van der Waals surface area contributed by atoms with E-state index in [-0.39, 0.29) is 24.4 Å². The Hall–Kier alpha value is -1.26. The molecule has 4 nitrogen and oxygen atoms in total. The SMILES string of the molecule is Cc1cccc(OC(C)C(=O)NC2C3CCCC2CC(N)C3)c1.Cl. The lowest BCUT2D eigenvalue weighted by Gasteiger charge is -2.45. The van der Waals surface area contributed by atoms with Crippen molar-refractivity contribution in [1.82, 2.24) is 5.32 Å². The van der Waals surface area contributed by atoms with Crippen LogP contribution >= 0.6 is 12.4 Å². The number of ether oxygens (including phenoxy) is 1. The number of rotatable bonds is 4. The maximum Gasteiger partial charge on any atom is 0.261 e. The van der Waals surface area contributed by atoms with Gasteiger partial charge in [-0.25, -0.2) is 0 Å². The summed E-state index contributed by atoms with van der Waals surface area (Å²) in [6.45, 7) is 3.84. The number of halogens is 1. The Morgan fingerprint density at radius 3 is 2.58 bits per heavy atom. The van der Waals surface area contributed by atoms with Gasteiger partial charge in [0.15, 0.2) is 6.10 Å². The molecule has 0 saturated heterocycles. The van der Waals surface area contributed by atoms with Gasteiger partial charge >= 0.3 is 0 Å². The van der Waals surface area contributed by atoms with Crippen LogP contribution in [-0.4, -0.2) is 24.1 Å². The second-order valence-corrected chi connectivity index (χ2v) is 7.29. The van der Waals surface area contributed by atoms with Crippen LogP contribution in [0, 0.1) is 18.8 Å². The van der Waals surface area contributed by atoms with Crippen LogP contribution in [0.1, 0.15) is 44.6 Å². The fourth-order valence-corrected chi connectivity index (χ4v) is 4.25. The third-order valence-electron chi connectivity index (χ3n) is 5.36. The topological polar surface area (TPSA) is 64.3 Å². The number of carbonyl (C=O) groups excluding carboxylic acids is 1. The van der Waals surface area contributed by atoms with E-state index in [0.717, 1.165) is 24.2 Å². The molecule has 3 rings (SSSR count). The fraction of sp³-hybridized carbons (Fsp3) is 0.632. The van der Waals surface area contributed by atoms with Crippen LogP contribution in [0.2, 0.25) is 0 Å². The van der Waals surface area contributed by atoms with Crippen molar-refractivity contribution < 1.29 is 9.53 Å². The number of benzene rings is 1. The first-order valence-electron chi connectivity index (χ1n) is 8.82. The van der Waals surface area contributed by atoms with Gasteiger partial charge in [0.1, 0.15) is 5.75 Å². The minimum Gasteiger partial charge on any atom is -0.481 e. The summed E-state index contributed by atoms with van der Waals surface area (Å²) in [6, 6.07) is 8.40. The van der Waals surface area contributed by atoms with Gasteiger partial charge in [0.2, 0.25) is 0 Å². The Morgan fingerprint density at radius 2 is 1.96 bits per heavy atom. The van der Waals surface area contributed by atoms with Gasteiger partial charge in [0.25, 0.3) is 5.91 Å². The van der Waals surface area contributed by atoms with Gasteiger partial charge < -0.3 is 15.8 Å². The molecule has 2 fully saturated rings. The first kappa shape index (κ1) is 19.1. The Labute approximate surface area is 150 Å². The molecule has 2 bridgehead atoms. The summed E-state index contributed by atoms with van der Waals surface area (Å²) in [5.74, 6) is 1.81. The van der Waals surface area contributed by atoms with Crippen LogP contribution in [0.3, 0.4) is 0 Å². The van der Waals surface area contributed by atoms with Gasteiger partial charge in [-0.15, -0.1) is 12.4 Å². The van der Waals surface area contributed by atoms with Crippen molar-refractivity contribution in [3.05, 3.63) is 29.8 Å². The highest BCUT2D eigenvalue weighted by Gasteiger charge is 2.40. The van der Waals surface area contributed by atoms with Crippen molar-refractivity contribution >= 4 is 18.3 Å². The lowest BCUT2D eigenvalue weighted by atomic mass is 9.67. The van der Waals surface area contributed by atoms with E-state index in [1.165, 1.54) is 19.3 Å². The van der Waals surface area contributed by atoms with Crippen molar-refractivity contribution in [1.29, 1.82) is 0 Å². The predicted octanol–water partition coefficient (Wildman–Crippen LogP) is 3.21. The maximum absolute atomic E-state index is 12.5. The summed E-state index contributed by atoms with van der Waals surface area (Å²) in [5.41, 5.74) is 7.29. The summed E-state index contributed by atoms with van der Waals surface area (Å²) >= 11 is 0. The molecule has 0 aliphatic heterocycles. The molecule has 2 aliphatic carbocycles. The zero-order valence-corrected chi connectivity index (χ0v) is 15.4.